The van der Waals surface area contributed by atoms with Crippen molar-refractivity contribution in [1.82, 2.24) is 4.90 Å². The molecule has 0 aromatic heterocycles. The summed E-state index contributed by atoms with van der Waals surface area (Å²) in [5.41, 5.74) is 7.48. The van der Waals surface area contributed by atoms with E-state index in [9.17, 15) is 20.0 Å². The minimum absolute atomic E-state index is 0.00541. The van der Waals surface area contributed by atoms with Crippen molar-refractivity contribution in [3.05, 3.63) is 94.4 Å². The molecular formula is C36H45N3O4S. The summed E-state index contributed by atoms with van der Waals surface area (Å²) in [4.78, 5) is 25.7. The summed E-state index contributed by atoms with van der Waals surface area (Å²) in [7, 11) is 0. The van der Waals surface area contributed by atoms with Crippen LogP contribution in [0.3, 0.4) is 0 Å². The molecular weight excluding hydrogens is 570 g/mol. The van der Waals surface area contributed by atoms with Gasteiger partial charge in [0.1, 0.15) is 0 Å². The molecule has 1 aliphatic heterocycles. The van der Waals surface area contributed by atoms with Crippen molar-refractivity contribution in [2.45, 2.75) is 72.1 Å². The normalized spacial score (nSPS) is 19.8. The van der Waals surface area contributed by atoms with E-state index in [0.717, 1.165) is 57.1 Å². The van der Waals surface area contributed by atoms with Gasteiger partial charge in [0.25, 0.3) is 0 Å². The number of thioether (sulfide) groups is 1. The number of carboxylic acid groups (broad SMARTS) is 2. The Bertz CT molecular complexity index is 1500. The van der Waals surface area contributed by atoms with Crippen molar-refractivity contribution < 1.29 is 19.8 Å². The molecule has 1 aliphatic carbocycles. The summed E-state index contributed by atoms with van der Waals surface area (Å²) < 4.78 is 0. The fourth-order valence-corrected chi connectivity index (χ4v) is 7.24. The monoisotopic (exact) mass is 615 g/mol. The van der Waals surface area contributed by atoms with Gasteiger partial charge in [-0.15, -0.1) is 11.8 Å². The summed E-state index contributed by atoms with van der Waals surface area (Å²) in [5.74, 6) is -1.21. The molecule has 7 nitrogen and oxygen atoms in total. The highest BCUT2D eigenvalue weighted by atomic mass is 32.2. The molecule has 0 bridgehead atoms. The summed E-state index contributed by atoms with van der Waals surface area (Å²) in [6.07, 6.45) is 9.73. The summed E-state index contributed by atoms with van der Waals surface area (Å²) in [6.45, 7) is 17.6. The van der Waals surface area contributed by atoms with Gasteiger partial charge in [0.15, 0.2) is 0 Å². The van der Waals surface area contributed by atoms with Crippen LogP contribution in [0.4, 0.5) is 5.69 Å². The number of carboxylic acids is 2. The zero-order valence-corrected chi connectivity index (χ0v) is 27.6. The predicted molar refractivity (Wildman–Crippen MR) is 179 cm³/mol. The Kier molecular flexibility index (Phi) is 11.5. The highest BCUT2D eigenvalue weighted by Gasteiger charge is 2.42. The third kappa shape index (κ3) is 8.15. The van der Waals surface area contributed by atoms with E-state index in [4.69, 9.17) is 5.11 Å². The molecule has 0 saturated carbocycles. The first-order valence-corrected chi connectivity index (χ1v) is 16.0. The number of nitrogens with zero attached hydrogens (tertiary/aromatic N) is 2. The van der Waals surface area contributed by atoms with Crippen LogP contribution in [0.5, 0.6) is 0 Å². The molecule has 3 N–H and O–H groups in total. The van der Waals surface area contributed by atoms with Crippen LogP contribution in [0.2, 0.25) is 0 Å². The SMILES string of the molecule is C=CC1=C(/C=C\C)C(C)(C)/C(=C(/C)C2=C/C(=C(\C#N)CSc3ccccc3NCCC(=O)O)CC(C)(C)C2)N1CCC(=O)O. The van der Waals surface area contributed by atoms with Crippen LogP contribution >= 0.6 is 11.8 Å². The molecule has 2 aliphatic rings. The van der Waals surface area contributed by atoms with Crippen molar-refractivity contribution in [2.75, 3.05) is 24.2 Å². The number of hydrogen-bond donors (Lipinski definition) is 3. The molecule has 3 rings (SSSR count). The smallest absolute Gasteiger partial charge is 0.305 e. The molecule has 0 atom stereocenters. The molecule has 0 amide bonds. The fourth-order valence-electron chi connectivity index (χ4n) is 6.22. The lowest BCUT2D eigenvalue weighted by atomic mass is 9.71. The fraction of sp³-hybridized carbons (Fsp3) is 0.417. The van der Waals surface area contributed by atoms with E-state index in [2.05, 4.69) is 69.6 Å². The average Bonchev–Trinajstić information content (AvgIpc) is 3.16. The minimum Gasteiger partial charge on any atom is -0.481 e. The minimum atomic E-state index is -0.854. The Balaban J connectivity index is 2.06. The van der Waals surface area contributed by atoms with Crippen LogP contribution in [-0.2, 0) is 9.59 Å². The topological polar surface area (TPSA) is 114 Å². The number of para-hydroxylation sites is 1. The second-order valence-electron chi connectivity index (χ2n) is 12.6. The lowest BCUT2D eigenvalue weighted by molar-refractivity contribution is -0.138. The molecule has 44 heavy (non-hydrogen) atoms. The van der Waals surface area contributed by atoms with Crippen molar-refractivity contribution in [3.63, 3.8) is 0 Å². The first kappa shape index (κ1) is 34.5. The molecule has 0 spiro atoms. The molecule has 234 valence electrons. The highest BCUT2D eigenvalue weighted by Crippen LogP contribution is 2.52. The second-order valence-corrected chi connectivity index (χ2v) is 13.6. The number of allylic oxidation sites excluding steroid dienone is 8. The first-order chi connectivity index (χ1) is 20.7. The molecule has 1 aromatic rings. The predicted octanol–water partition coefficient (Wildman–Crippen LogP) is 8.34. The van der Waals surface area contributed by atoms with Crippen molar-refractivity contribution in [3.8, 4) is 6.07 Å². The van der Waals surface area contributed by atoms with Crippen LogP contribution in [0.1, 0.15) is 67.2 Å². The average molecular weight is 616 g/mol. The van der Waals surface area contributed by atoms with Gasteiger partial charge in [0, 0.05) is 51.8 Å². The van der Waals surface area contributed by atoms with Crippen molar-refractivity contribution >= 4 is 29.4 Å². The Labute approximate surface area is 266 Å². The maximum Gasteiger partial charge on any atom is 0.305 e. The number of hydrogen-bond acceptors (Lipinski definition) is 6. The molecule has 1 heterocycles. The molecule has 0 unspecified atom stereocenters. The Morgan fingerprint density at radius 2 is 1.82 bits per heavy atom. The number of rotatable bonds is 13. The van der Waals surface area contributed by atoms with E-state index in [1.165, 1.54) is 0 Å². The van der Waals surface area contributed by atoms with Gasteiger partial charge in [-0.05, 0) is 72.6 Å². The number of nitrogens with one attached hydrogen (secondary N) is 1. The van der Waals surface area contributed by atoms with E-state index in [1.807, 2.05) is 43.3 Å². The van der Waals surface area contributed by atoms with Gasteiger partial charge >= 0.3 is 11.9 Å². The zero-order chi connectivity index (χ0) is 32.7. The van der Waals surface area contributed by atoms with Gasteiger partial charge in [0.05, 0.1) is 18.9 Å². The molecule has 0 radical (unpaired) electrons. The van der Waals surface area contributed by atoms with Crippen LogP contribution in [-0.4, -0.2) is 45.9 Å². The maximum atomic E-state index is 11.6. The maximum absolute atomic E-state index is 11.6. The van der Waals surface area contributed by atoms with E-state index in [0.29, 0.717) is 24.4 Å². The van der Waals surface area contributed by atoms with Crippen molar-refractivity contribution in [1.29, 1.82) is 5.26 Å². The van der Waals surface area contributed by atoms with Crippen LogP contribution in [0.15, 0.2) is 99.3 Å². The lowest BCUT2D eigenvalue weighted by Gasteiger charge is -2.36. The first-order valence-electron chi connectivity index (χ1n) is 15.0. The lowest BCUT2D eigenvalue weighted by Crippen LogP contribution is -2.28. The Hall–Kier alpha value is -3.96. The van der Waals surface area contributed by atoms with Gasteiger partial charge < -0.3 is 20.4 Å². The summed E-state index contributed by atoms with van der Waals surface area (Å²) >= 11 is 1.56. The number of nitriles is 1. The zero-order valence-electron chi connectivity index (χ0n) is 26.8. The summed E-state index contributed by atoms with van der Waals surface area (Å²) in [6, 6.07) is 10.2. The second kappa shape index (κ2) is 14.7. The van der Waals surface area contributed by atoms with Gasteiger partial charge in [-0.2, -0.15) is 5.26 Å². The molecule has 0 fully saturated rings. The largest absolute Gasteiger partial charge is 0.481 e. The quantitative estimate of drug-likeness (QED) is 0.150. The highest BCUT2D eigenvalue weighted by molar-refractivity contribution is 7.99. The van der Waals surface area contributed by atoms with Crippen LogP contribution in [0, 0.1) is 22.2 Å². The van der Waals surface area contributed by atoms with Crippen LogP contribution in [0.25, 0.3) is 0 Å². The standard InChI is InChI=1S/C36H45N3O4S/c1-8-12-28-30(9-2)39(18-16-33(42)43)34(36(28,6)7)24(3)25-19-26(21-35(4,5)20-25)27(22-37)23-44-31-14-11-10-13-29(31)38-17-15-32(40)41/h8-14,19,38H,2,15-18,20-21,23H2,1,3-7H3,(H,40,41)(H,42,43)/b12-8-,27-26-,34-24+. The molecule has 8 heteroatoms. The summed E-state index contributed by atoms with van der Waals surface area (Å²) in [5, 5.41) is 32.1. The van der Waals surface area contributed by atoms with E-state index < -0.39 is 11.9 Å². The van der Waals surface area contributed by atoms with E-state index in [-0.39, 0.29) is 23.7 Å². The van der Waals surface area contributed by atoms with E-state index >= 15 is 0 Å². The van der Waals surface area contributed by atoms with Gasteiger partial charge in [-0.25, -0.2) is 0 Å². The third-order valence-corrected chi connectivity index (χ3v) is 9.24. The molecule has 0 saturated heterocycles. The number of anilines is 1. The van der Waals surface area contributed by atoms with Crippen molar-refractivity contribution in [2.24, 2.45) is 10.8 Å². The Morgan fingerprint density at radius 3 is 2.43 bits per heavy atom. The number of benzene rings is 1. The van der Waals surface area contributed by atoms with E-state index in [1.54, 1.807) is 11.8 Å². The number of aliphatic carboxylic acids is 2. The number of carbonyl (C=O) groups is 2. The van der Waals surface area contributed by atoms with Gasteiger partial charge in [-0.1, -0.05) is 64.6 Å². The Morgan fingerprint density at radius 1 is 1.14 bits per heavy atom. The van der Waals surface area contributed by atoms with Crippen LogP contribution < -0.4 is 5.32 Å². The van der Waals surface area contributed by atoms with Gasteiger partial charge in [0.2, 0.25) is 0 Å². The third-order valence-electron chi connectivity index (χ3n) is 8.14. The van der Waals surface area contributed by atoms with Gasteiger partial charge in [-0.3, -0.25) is 9.59 Å². The molecule has 1 aromatic carbocycles.